The van der Waals surface area contributed by atoms with Crippen LogP contribution in [0.3, 0.4) is 0 Å². The number of hydrogen-bond donors (Lipinski definition) is 2. The van der Waals surface area contributed by atoms with E-state index < -0.39 is 0 Å². The molecule has 1 aromatic carbocycles. The summed E-state index contributed by atoms with van der Waals surface area (Å²) in [5.41, 5.74) is 7.37. The Bertz CT molecular complexity index is 842. The molecule has 0 saturated heterocycles. The third-order valence-electron chi connectivity index (χ3n) is 3.26. The number of anilines is 2. The van der Waals surface area contributed by atoms with Crippen LogP contribution in [-0.4, -0.2) is 15.7 Å². The molecule has 0 aliphatic heterocycles. The zero-order valence-corrected chi connectivity index (χ0v) is 14.1. The van der Waals surface area contributed by atoms with E-state index in [4.69, 9.17) is 28.9 Å². The molecule has 0 unspecified atom stereocenters. The lowest BCUT2D eigenvalue weighted by atomic mass is 10.2. The second-order valence-electron chi connectivity index (χ2n) is 4.85. The summed E-state index contributed by atoms with van der Waals surface area (Å²) in [6.45, 7) is 1.91. The fraction of sp³-hybridized carbons (Fsp3) is 0.143. The fourth-order valence-electron chi connectivity index (χ4n) is 2.17. The number of halogens is 2. The molecule has 0 saturated carbocycles. The number of nitrogens with zero attached hydrogens (tertiary/aromatic N) is 2. The van der Waals surface area contributed by atoms with Crippen LogP contribution in [0.1, 0.15) is 15.4 Å². The Morgan fingerprint density at radius 3 is 2.55 bits per heavy atom. The molecule has 0 atom stereocenters. The van der Waals surface area contributed by atoms with E-state index in [1.165, 1.54) is 11.3 Å². The van der Waals surface area contributed by atoms with Gasteiger partial charge in [-0.1, -0.05) is 23.2 Å². The van der Waals surface area contributed by atoms with Gasteiger partial charge < -0.3 is 11.1 Å². The first kappa shape index (κ1) is 15.1. The second kappa shape index (κ2) is 5.46. The molecule has 0 bridgehead atoms. The Kier molecular flexibility index (Phi) is 3.76. The largest absolute Gasteiger partial charge is 0.396 e. The van der Waals surface area contributed by atoms with Gasteiger partial charge in [0.2, 0.25) is 0 Å². The molecule has 0 aliphatic carbocycles. The highest BCUT2D eigenvalue weighted by atomic mass is 35.5. The lowest BCUT2D eigenvalue weighted by molar-refractivity contribution is 0.103. The van der Waals surface area contributed by atoms with Gasteiger partial charge in [0.05, 0.1) is 26.3 Å². The maximum Gasteiger partial charge on any atom is 0.265 e. The number of nitrogen functional groups attached to an aromatic ring is 1. The van der Waals surface area contributed by atoms with Crippen molar-refractivity contribution in [2.75, 3.05) is 11.1 Å². The Balaban J connectivity index is 1.91. The van der Waals surface area contributed by atoms with Crippen molar-refractivity contribution in [2.24, 2.45) is 7.05 Å². The molecule has 2 aromatic heterocycles. The number of thiophene rings is 1. The Morgan fingerprint density at radius 1 is 1.32 bits per heavy atom. The molecule has 5 nitrogen and oxygen atoms in total. The third kappa shape index (κ3) is 2.54. The number of amides is 1. The average molecular weight is 355 g/mol. The molecule has 0 aliphatic rings. The van der Waals surface area contributed by atoms with E-state index in [1.807, 2.05) is 20.0 Å². The van der Waals surface area contributed by atoms with Gasteiger partial charge in [-0.3, -0.25) is 9.48 Å². The monoisotopic (exact) mass is 354 g/mol. The van der Waals surface area contributed by atoms with Gasteiger partial charge in [0.25, 0.3) is 5.91 Å². The number of aryl methyl sites for hydroxylation is 2. The van der Waals surface area contributed by atoms with Crippen LogP contribution in [0.2, 0.25) is 10.0 Å². The molecule has 1 amide bonds. The molecular weight excluding hydrogens is 343 g/mol. The van der Waals surface area contributed by atoms with Crippen LogP contribution in [0, 0.1) is 6.92 Å². The van der Waals surface area contributed by atoms with Crippen molar-refractivity contribution in [3.8, 4) is 0 Å². The van der Waals surface area contributed by atoms with E-state index in [0.29, 0.717) is 26.3 Å². The second-order valence-corrected chi connectivity index (χ2v) is 6.69. The minimum atomic E-state index is -0.225. The van der Waals surface area contributed by atoms with Crippen LogP contribution >= 0.6 is 34.5 Å². The van der Waals surface area contributed by atoms with Gasteiger partial charge in [0.15, 0.2) is 0 Å². The summed E-state index contributed by atoms with van der Waals surface area (Å²) in [7, 11) is 1.85. The smallest absolute Gasteiger partial charge is 0.265 e. The van der Waals surface area contributed by atoms with Crippen LogP contribution in [0.4, 0.5) is 11.4 Å². The molecule has 2 heterocycles. The number of nitrogens with two attached hydrogens (primary N) is 1. The van der Waals surface area contributed by atoms with E-state index in [2.05, 4.69) is 10.4 Å². The topological polar surface area (TPSA) is 72.9 Å². The summed E-state index contributed by atoms with van der Waals surface area (Å²) in [5.74, 6) is -0.225. The first-order valence-electron chi connectivity index (χ1n) is 6.36. The normalized spacial score (nSPS) is 11.1. The molecular formula is C14H12Cl2N4OS. The highest BCUT2D eigenvalue weighted by molar-refractivity contribution is 7.20. The summed E-state index contributed by atoms with van der Waals surface area (Å²) in [5, 5.41) is 8.68. The SMILES string of the molecule is Cc1nn(C)c2sc(C(=O)Nc3cc(Cl)c(N)c(Cl)c3)cc12. The predicted molar refractivity (Wildman–Crippen MR) is 92.2 cm³/mol. The Labute approximate surface area is 140 Å². The van der Waals surface area contributed by atoms with Crippen LogP contribution in [0.25, 0.3) is 10.2 Å². The molecule has 0 spiro atoms. The highest BCUT2D eigenvalue weighted by Crippen LogP contribution is 2.32. The van der Waals surface area contributed by atoms with Crippen molar-refractivity contribution in [2.45, 2.75) is 6.92 Å². The number of carbonyl (C=O) groups excluding carboxylic acids is 1. The molecule has 8 heteroatoms. The summed E-state index contributed by atoms with van der Waals surface area (Å²) >= 11 is 13.3. The third-order valence-corrected chi connectivity index (χ3v) is 5.08. The summed E-state index contributed by atoms with van der Waals surface area (Å²) in [6, 6.07) is 4.97. The zero-order chi connectivity index (χ0) is 16.0. The number of rotatable bonds is 2. The maximum absolute atomic E-state index is 12.4. The van der Waals surface area contributed by atoms with E-state index in [0.717, 1.165) is 15.9 Å². The number of carbonyl (C=O) groups is 1. The van der Waals surface area contributed by atoms with Crippen molar-refractivity contribution in [3.63, 3.8) is 0 Å². The van der Waals surface area contributed by atoms with Gasteiger partial charge >= 0.3 is 0 Å². The van der Waals surface area contributed by atoms with Gasteiger partial charge in [-0.25, -0.2) is 0 Å². The van der Waals surface area contributed by atoms with Crippen LogP contribution in [-0.2, 0) is 7.05 Å². The van der Waals surface area contributed by atoms with Gasteiger partial charge in [0.1, 0.15) is 4.83 Å². The van der Waals surface area contributed by atoms with Crippen LogP contribution < -0.4 is 11.1 Å². The molecule has 114 valence electrons. The van der Waals surface area contributed by atoms with Crippen molar-refractivity contribution >= 4 is 62.0 Å². The van der Waals surface area contributed by atoms with Gasteiger partial charge in [-0.15, -0.1) is 11.3 Å². The van der Waals surface area contributed by atoms with E-state index in [-0.39, 0.29) is 5.91 Å². The molecule has 3 N–H and O–H groups in total. The quantitative estimate of drug-likeness (QED) is 0.680. The lowest BCUT2D eigenvalue weighted by Crippen LogP contribution is -2.10. The molecule has 0 fully saturated rings. The molecule has 3 rings (SSSR count). The molecule has 22 heavy (non-hydrogen) atoms. The van der Waals surface area contributed by atoms with Crippen LogP contribution in [0.15, 0.2) is 18.2 Å². The van der Waals surface area contributed by atoms with E-state index in [9.17, 15) is 4.79 Å². The Hall–Kier alpha value is -1.76. The van der Waals surface area contributed by atoms with Crippen molar-refractivity contribution in [1.82, 2.24) is 9.78 Å². The summed E-state index contributed by atoms with van der Waals surface area (Å²) in [4.78, 5) is 13.9. The standard InChI is InChI=1S/C14H12Cl2N4OS/c1-6-8-5-11(22-14(8)20(2)19-6)13(21)18-7-3-9(15)12(17)10(16)4-7/h3-5H,17H2,1-2H3,(H,18,21). The zero-order valence-electron chi connectivity index (χ0n) is 11.8. The Morgan fingerprint density at radius 2 is 1.95 bits per heavy atom. The average Bonchev–Trinajstić information content (AvgIpc) is 2.99. The maximum atomic E-state index is 12.4. The highest BCUT2D eigenvalue weighted by Gasteiger charge is 2.16. The number of hydrogen-bond acceptors (Lipinski definition) is 4. The van der Waals surface area contributed by atoms with E-state index in [1.54, 1.807) is 16.8 Å². The molecule has 3 aromatic rings. The number of benzene rings is 1. The predicted octanol–water partition coefficient (Wildman–Crippen LogP) is 4.08. The number of nitrogens with one attached hydrogen (secondary N) is 1. The van der Waals surface area contributed by atoms with Crippen molar-refractivity contribution in [3.05, 3.63) is 38.8 Å². The van der Waals surface area contributed by atoms with Crippen molar-refractivity contribution in [1.29, 1.82) is 0 Å². The van der Waals surface area contributed by atoms with Crippen LogP contribution in [0.5, 0.6) is 0 Å². The number of fused-ring (bicyclic) bond motifs is 1. The minimum absolute atomic E-state index is 0.225. The van der Waals surface area contributed by atoms with Gasteiger partial charge in [-0.05, 0) is 25.1 Å². The van der Waals surface area contributed by atoms with Crippen molar-refractivity contribution < 1.29 is 4.79 Å². The molecule has 0 radical (unpaired) electrons. The number of aromatic nitrogens is 2. The minimum Gasteiger partial charge on any atom is -0.396 e. The lowest BCUT2D eigenvalue weighted by Gasteiger charge is -2.07. The summed E-state index contributed by atoms with van der Waals surface area (Å²) in [6.07, 6.45) is 0. The van der Waals surface area contributed by atoms with Gasteiger partial charge in [0, 0.05) is 18.1 Å². The van der Waals surface area contributed by atoms with Gasteiger partial charge in [-0.2, -0.15) is 5.10 Å². The summed E-state index contributed by atoms with van der Waals surface area (Å²) < 4.78 is 1.77. The first-order valence-corrected chi connectivity index (χ1v) is 7.93. The first-order chi connectivity index (χ1) is 10.4. The fourth-order valence-corrected chi connectivity index (χ4v) is 3.67. The van der Waals surface area contributed by atoms with E-state index >= 15 is 0 Å².